The quantitative estimate of drug-likeness (QED) is 0.758. The lowest BCUT2D eigenvalue weighted by atomic mass is 10.1. The Balaban J connectivity index is 2.58. The van der Waals surface area contributed by atoms with Gasteiger partial charge in [-0.05, 0) is 26.5 Å². The number of ether oxygens (including phenoxy) is 1. The van der Waals surface area contributed by atoms with Gasteiger partial charge in [0, 0.05) is 30.3 Å². The van der Waals surface area contributed by atoms with E-state index < -0.39 is 0 Å². The molecular formula is C15H24N2O2. The second-order valence-electron chi connectivity index (χ2n) is 4.51. The molecule has 0 fully saturated rings. The van der Waals surface area contributed by atoms with Gasteiger partial charge in [0.2, 0.25) is 5.91 Å². The number of hydrogen-bond donors (Lipinski definition) is 2. The van der Waals surface area contributed by atoms with Gasteiger partial charge in [0.1, 0.15) is 0 Å². The van der Waals surface area contributed by atoms with Crippen molar-refractivity contribution < 1.29 is 9.53 Å². The van der Waals surface area contributed by atoms with E-state index in [-0.39, 0.29) is 11.9 Å². The molecule has 0 aliphatic carbocycles. The van der Waals surface area contributed by atoms with Crippen molar-refractivity contribution in [1.82, 2.24) is 5.32 Å². The van der Waals surface area contributed by atoms with E-state index >= 15 is 0 Å². The van der Waals surface area contributed by atoms with E-state index in [1.54, 1.807) is 0 Å². The average Bonchev–Trinajstić information content (AvgIpc) is 2.37. The van der Waals surface area contributed by atoms with Crippen LogP contribution in [0.5, 0.6) is 0 Å². The maximum atomic E-state index is 11.9. The molecule has 1 atom stereocenters. The van der Waals surface area contributed by atoms with Crippen molar-refractivity contribution in [3.63, 3.8) is 0 Å². The molecule has 0 aromatic heterocycles. The Kier molecular flexibility index (Phi) is 7.15. The summed E-state index contributed by atoms with van der Waals surface area (Å²) in [4.78, 5) is 11.9. The zero-order valence-electron chi connectivity index (χ0n) is 12.0. The van der Waals surface area contributed by atoms with E-state index in [2.05, 4.69) is 10.6 Å². The summed E-state index contributed by atoms with van der Waals surface area (Å²) in [6, 6.07) is 7.93. The smallest absolute Gasteiger partial charge is 0.225 e. The van der Waals surface area contributed by atoms with Crippen LogP contribution < -0.4 is 10.6 Å². The Morgan fingerprint density at radius 3 is 2.74 bits per heavy atom. The molecule has 0 saturated heterocycles. The van der Waals surface area contributed by atoms with Gasteiger partial charge in [-0.25, -0.2) is 0 Å². The Hall–Kier alpha value is -1.39. The Morgan fingerprint density at radius 2 is 2.05 bits per heavy atom. The number of nitrogens with one attached hydrogen (secondary N) is 2. The molecule has 0 aliphatic heterocycles. The van der Waals surface area contributed by atoms with Crippen LogP contribution in [-0.4, -0.2) is 25.1 Å². The number of carbonyl (C=O) groups is 1. The van der Waals surface area contributed by atoms with Crippen molar-refractivity contribution in [2.24, 2.45) is 0 Å². The lowest BCUT2D eigenvalue weighted by molar-refractivity contribution is -0.116. The van der Waals surface area contributed by atoms with Gasteiger partial charge in [-0.15, -0.1) is 0 Å². The number of amides is 1. The monoisotopic (exact) mass is 264 g/mol. The van der Waals surface area contributed by atoms with Crippen LogP contribution in [0.25, 0.3) is 0 Å². The van der Waals surface area contributed by atoms with Crippen LogP contribution in [0, 0.1) is 0 Å². The molecule has 19 heavy (non-hydrogen) atoms. The standard InChI is InChI=1S/C15H24N2O2/c1-4-16-12(3)10-15(18)17-14-9-7-6-8-13(14)11-19-5-2/h6-9,12,16H,4-5,10-11H2,1-3H3,(H,17,18). The Morgan fingerprint density at radius 1 is 1.32 bits per heavy atom. The van der Waals surface area contributed by atoms with Gasteiger partial charge in [-0.2, -0.15) is 0 Å². The molecule has 1 aromatic rings. The number of anilines is 1. The predicted molar refractivity (Wildman–Crippen MR) is 78.2 cm³/mol. The minimum Gasteiger partial charge on any atom is -0.377 e. The summed E-state index contributed by atoms with van der Waals surface area (Å²) in [6.45, 7) is 8.06. The fourth-order valence-electron chi connectivity index (χ4n) is 1.88. The molecule has 0 aliphatic rings. The minimum atomic E-state index is 0.0254. The maximum absolute atomic E-state index is 11.9. The normalized spacial score (nSPS) is 12.2. The Labute approximate surface area is 115 Å². The highest BCUT2D eigenvalue weighted by Crippen LogP contribution is 2.16. The van der Waals surface area contributed by atoms with Crippen LogP contribution in [0.3, 0.4) is 0 Å². The summed E-state index contributed by atoms with van der Waals surface area (Å²) < 4.78 is 5.40. The van der Waals surface area contributed by atoms with E-state index in [4.69, 9.17) is 4.74 Å². The van der Waals surface area contributed by atoms with Crippen LogP contribution in [0.2, 0.25) is 0 Å². The fourth-order valence-corrected chi connectivity index (χ4v) is 1.88. The molecule has 4 heteroatoms. The molecular weight excluding hydrogens is 240 g/mol. The third-order valence-corrected chi connectivity index (χ3v) is 2.80. The van der Waals surface area contributed by atoms with Crippen LogP contribution in [0.4, 0.5) is 5.69 Å². The van der Waals surface area contributed by atoms with Crippen molar-refractivity contribution in [3.05, 3.63) is 29.8 Å². The molecule has 4 nitrogen and oxygen atoms in total. The number of benzene rings is 1. The van der Waals surface area contributed by atoms with Gasteiger partial charge in [0.15, 0.2) is 0 Å². The zero-order chi connectivity index (χ0) is 14.1. The lowest BCUT2D eigenvalue weighted by Crippen LogP contribution is -2.30. The predicted octanol–water partition coefficient (Wildman–Crippen LogP) is 2.55. The highest BCUT2D eigenvalue weighted by Gasteiger charge is 2.10. The number of para-hydroxylation sites is 1. The molecule has 1 rings (SSSR count). The first-order valence-electron chi connectivity index (χ1n) is 6.86. The largest absolute Gasteiger partial charge is 0.377 e. The van der Waals surface area contributed by atoms with Crippen LogP contribution in [-0.2, 0) is 16.1 Å². The minimum absolute atomic E-state index is 0.0254. The van der Waals surface area contributed by atoms with Crippen molar-refractivity contribution in [2.75, 3.05) is 18.5 Å². The molecule has 106 valence electrons. The summed E-state index contributed by atoms with van der Waals surface area (Å²) in [7, 11) is 0. The third kappa shape index (κ3) is 5.85. The highest BCUT2D eigenvalue weighted by atomic mass is 16.5. The van der Waals surface area contributed by atoms with Gasteiger partial charge in [0.05, 0.1) is 6.61 Å². The average molecular weight is 264 g/mol. The van der Waals surface area contributed by atoms with E-state index in [0.29, 0.717) is 19.6 Å². The van der Waals surface area contributed by atoms with Crippen molar-refractivity contribution in [3.8, 4) is 0 Å². The molecule has 0 saturated carbocycles. The van der Waals surface area contributed by atoms with Gasteiger partial charge in [-0.3, -0.25) is 4.79 Å². The van der Waals surface area contributed by atoms with Gasteiger partial charge in [-0.1, -0.05) is 25.1 Å². The molecule has 2 N–H and O–H groups in total. The van der Waals surface area contributed by atoms with Crippen molar-refractivity contribution in [1.29, 1.82) is 0 Å². The molecule has 0 spiro atoms. The second-order valence-corrected chi connectivity index (χ2v) is 4.51. The zero-order valence-corrected chi connectivity index (χ0v) is 12.0. The first-order chi connectivity index (χ1) is 9.17. The molecule has 1 aromatic carbocycles. The van der Waals surface area contributed by atoms with E-state index in [1.165, 1.54) is 0 Å². The van der Waals surface area contributed by atoms with E-state index in [1.807, 2.05) is 45.0 Å². The molecule has 1 amide bonds. The molecule has 0 heterocycles. The first kappa shape index (κ1) is 15.7. The number of rotatable bonds is 8. The topological polar surface area (TPSA) is 50.4 Å². The summed E-state index contributed by atoms with van der Waals surface area (Å²) in [5.74, 6) is 0.0254. The maximum Gasteiger partial charge on any atom is 0.225 e. The van der Waals surface area contributed by atoms with Crippen LogP contribution in [0.1, 0.15) is 32.8 Å². The summed E-state index contributed by atoms with van der Waals surface area (Å²) in [5.41, 5.74) is 1.85. The number of carbonyl (C=O) groups excluding carboxylic acids is 1. The van der Waals surface area contributed by atoms with Crippen molar-refractivity contribution in [2.45, 2.75) is 39.8 Å². The van der Waals surface area contributed by atoms with E-state index in [0.717, 1.165) is 17.8 Å². The third-order valence-electron chi connectivity index (χ3n) is 2.80. The SMILES string of the molecule is CCNC(C)CC(=O)Nc1ccccc1COCC. The summed E-state index contributed by atoms with van der Waals surface area (Å²) in [5, 5.41) is 6.18. The molecule has 0 bridgehead atoms. The van der Waals surface area contributed by atoms with Crippen LogP contribution >= 0.6 is 0 Å². The summed E-state index contributed by atoms with van der Waals surface area (Å²) in [6.07, 6.45) is 0.469. The van der Waals surface area contributed by atoms with Gasteiger partial charge in [0.25, 0.3) is 0 Å². The van der Waals surface area contributed by atoms with Crippen LogP contribution in [0.15, 0.2) is 24.3 Å². The second kappa shape index (κ2) is 8.67. The molecule has 0 radical (unpaired) electrons. The Bertz CT molecular complexity index is 393. The van der Waals surface area contributed by atoms with E-state index in [9.17, 15) is 4.79 Å². The highest BCUT2D eigenvalue weighted by molar-refractivity contribution is 5.91. The van der Waals surface area contributed by atoms with Crippen molar-refractivity contribution >= 4 is 11.6 Å². The molecule has 1 unspecified atom stereocenters. The fraction of sp³-hybridized carbons (Fsp3) is 0.533. The summed E-state index contributed by atoms with van der Waals surface area (Å²) >= 11 is 0. The first-order valence-corrected chi connectivity index (χ1v) is 6.86. The van der Waals surface area contributed by atoms with Gasteiger partial charge < -0.3 is 15.4 Å². The van der Waals surface area contributed by atoms with Gasteiger partial charge >= 0.3 is 0 Å². The number of hydrogen-bond acceptors (Lipinski definition) is 3. The lowest BCUT2D eigenvalue weighted by Gasteiger charge is -2.14.